The minimum absolute atomic E-state index is 0.0853. The highest BCUT2D eigenvalue weighted by Crippen LogP contribution is 2.40. The van der Waals surface area contributed by atoms with Crippen LogP contribution in [0.25, 0.3) is 16.7 Å². The lowest BCUT2D eigenvalue weighted by molar-refractivity contribution is -0.664. The Morgan fingerprint density at radius 3 is 2.90 bits per heavy atom. The summed E-state index contributed by atoms with van der Waals surface area (Å²) in [6.45, 7) is 0.231. The summed E-state index contributed by atoms with van der Waals surface area (Å²) >= 11 is 1.38. The number of nitrogens with one attached hydrogen (secondary N) is 2. The third kappa shape index (κ3) is 4.89. The van der Waals surface area contributed by atoms with E-state index in [0.717, 1.165) is 29.8 Å². The Morgan fingerprint density at radius 2 is 2.17 bits per heavy atom. The molecule has 2 atom stereocenters. The van der Waals surface area contributed by atoms with Gasteiger partial charge in [-0.05, 0) is 42.1 Å². The number of carboxylic acids is 1. The Hall–Kier alpha value is -4.98. The van der Waals surface area contributed by atoms with E-state index in [1.54, 1.807) is 18.2 Å². The molecule has 6 rings (SSSR count). The summed E-state index contributed by atoms with van der Waals surface area (Å²) in [5.41, 5.74) is 8.85. The molecular weight excluding hydrogens is 560 g/mol. The topological polar surface area (TPSA) is 180 Å². The van der Waals surface area contributed by atoms with Crippen LogP contribution in [0.2, 0.25) is 0 Å². The van der Waals surface area contributed by atoms with E-state index in [9.17, 15) is 19.5 Å². The number of anilines is 1. The van der Waals surface area contributed by atoms with E-state index in [1.807, 2.05) is 35.0 Å². The highest BCUT2D eigenvalue weighted by Gasteiger charge is 2.54. The van der Waals surface area contributed by atoms with Gasteiger partial charge in [-0.15, -0.1) is 11.8 Å². The van der Waals surface area contributed by atoms with Gasteiger partial charge < -0.3 is 26.0 Å². The number of fused-ring (bicyclic) bond motifs is 2. The highest BCUT2D eigenvalue weighted by atomic mass is 32.2. The molecule has 3 aromatic heterocycles. The van der Waals surface area contributed by atoms with Crippen molar-refractivity contribution in [2.75, 3.05) is 18.6 Å². The molecule has 1 aliphatic carbocycles. The van der Waals surface area contributed by atoms with Crippen molar-refractivity contribution in [2.24, 2.45) is 5.16 Å². The number of oxime groups is 1. The number of H-pyrrole nitrogens is 1. The molecule has 3 aliphatic rings. The first-order valence-electron chi connectivity index (χ1n) is 13.1. The Morgan fingerprint density at radius 1 is 1.31 bits per heavy atom. The number of carboxylic acid groups (broad SMARTS) is 1. The number of rotatable bonds is 8. The first-order valence-corrected chi connectivity index (χ1v) is 14.2. The molecule has 13 nitrogen and oxygen atoms in total. The molecule has 5 heterocycles. The number of aromatic nitrogens is 4. The molecule has 0 saturated carbocycles. The van der Waals surface area contributed by atoms with Crippen molar-refractivity contribution in [3.05, 3.63) is 77.5 Å². The zero-order valence-electron chi connectivity index (χ0n) is 22.5. The molecule has 214 valence electrons. The number of allylic oxidation sites excluding steroid dienone is 4. The molecule has 2 aliphatic heterocycles. The van der Waals surface area contributed by atoms with Gasteiger partial charge in [0, 0.05) is 16.9 Å². The van der Waals surface area contributed by atoms with Gasteiger partial charge in [0.25, 0.3) is 11.8 Å². The van der Waals surface area contributed by atoms with Gasteiger partial charge in [-0.3, -0.25) is 14.5 Å². The van der Waals surface area contributed by atoms with Crippen molar-refractivity contribution in [3.8, 4) is 0 Å². The number of carbonyl (C=O) groups excluding carboxylic acids is 2. The standard InChI is InChI=1S/C28H26N8O5S/c1-41-34-20(17-9-5-11-19(29)30-17)25(37)32-21-26(38)36-22(28(39)40)16(14-42-27(21)36)13-35-12-6-10-18-24(35)33-23(31-18)15-7-3-2-4-8-15/h2-3,5-7,9-12,21,27H,4,8,13-14H2,1H3,(H4,29,30,32,37,39,40)/p+1/t21?,27-/m1/s1. The van der Waals surface area contributed by atoms with Crippen LogP contribution in [0.5, 0.6) is 0 Å². The average Bonchev–Trinajstić information content (AvgIpc) is 3.44. The molecule has 2 amide bonds. The first kappa shape index (κ1) is 27.2. The number of hydrogen-bond donors (Lipinski definition) is 4. The second kappa shape index (κ2) is 11.1. The molecule has 0 bridgehead atoms. The van der Waals surface area contributed by atoms with Crippen LogP contribution >= 0.6 is 11.8 Å². The summed E-state index contributed by atoms with van der Waals surface area (Å²) in [4.78, 5) is 57.1. The zero-order valence-corrected chi connectivity index (χ0v) is 23.3. The number of pyridine rings is 2. The molecule has 42 heavy (non-hydrogen) atoms. The minimum atomic E-state index is -1.21. The predicted octanol–water partition coefficient (Wildman–Crippen LogP) is 1.35. The van der Waals surface area contributed by atoms with Crippen LogP contribution in [0.4, 0.5) is 5.82 Å². The van der Waals surface area contributed by atoms with E-state index in [4.69, 9.17) is 15.6 Å². The van der Waals surface area contributed by atoms with E-state index < -0.39 is 29.2 Å². The smallest absolute Gasteiger partial charge is 0.352 e. The summed E-state index contributed by atoms with van der Waals surface area (Å²) in [6, 6.07) is 7.55. The average molecular weight is 588 g/mol. The summed E-state index contributed by atoms with van der Waals surface area (Å²) < 4.78 is 1.88. The molecule has 1 unspecified atom stereocenters. The number of aromatic amines is 1. The van der Waals surface area contributed by atoms with Crippen molar-refractivity contribution in [1.29, 1.82) is 0 Å². The number of nitrogen functional groups attached to an aromatic ring is 1. The summed E-state index contributed by atoms with van der Waals surface area (Å²) in [5, 5.41) is 16.0. The predicted molar refractivity (Wildman–Crippen MR) is 155 cm³/mol. The Kier molecular flexibility index (Phi) is 7.20. The van der Waals surface area contributed by atoms with Gasteiger partial charge in [0.2, 0.25) is 5.82 Å². The largest absolute Gasteiger partial charge is 0.477 e. The Bertz CT molecular complexity index is 1740. The Labute approximate surface area is 243 Å². The molecule has 0 radical (unpaired) electrons. The van der Waals surface area contributed by atoms with Crippen molar-refractivity contribution >= 4 is 57.8 Å². The second-order valence-corrected chi connectivity index (χ2v) is 10.9. The van der Waals surface area contributed by atoms with Crippen LogP contribution < -0.4 is 15.6 Å². The van der Waals surface area contributed by atoms with Gasteiger partial charge >= 0.3 is 11.6 Å². The number of β-lactam (4-membered cyclic amide) rings is 1. The third-order valence-corrected chi connectivity index (χ3v) is 8.48. The lowest BCUT2D eigenvalue weighted by atomic mass is 10.0. The molecule has 14 heteroatoms. The maximum Gasteiger partial charge on any atom is 0.352 e. The van der Waals surface area contributed by atoms with E-state index in [-0.39, 0.29) is 29.5 Å². The SMILES string of the molecule is CON=C(C(=O)NC1C(=O)N2C(C(=O)O)=C(C[n+]3cccc4[nH]c(C5=CC=CCC5)nc43)CS[C@H]12)c1cccc(N)n1. The lowest BCUT2D eigenvalue weighted by Crippen LogP contribution is -2.71. The first-order chi connectivity index (χ1) is 20.4. The number of hydrogen-bond acceptors (Lipinski definition) is 9. The van der Waals surface area contributed by atoms with Crippen LogP contribution in [0.3, 0.4) is 0 Å². The van der Waals surface area contributed by atoms with Crippen LogP contribution in [-0.2, 0) is 25.8 Å². The number of imidazole rings is 1. The normalized spacial score (nSPS) is 20.2. The highest BCUT2D eigenvalue weighted by molar-refractivity contribution is 8.00. The maximum atomic E-state index is 13.3. The number of nitrogens with zero attached hydrogens (tertiary/aromatic N) is 5. The van der Waals surface area contributed by atoms with Crippen LogP contribution in [0.1, 0.15) is 24.4 Å². The summed E-state index contributed by atoms with van der Waals surface area (Å²) in [6.07, 6.45) is 9.82. The fourth-order valence-electron chi connectivity index (χ4n) is 5.21. The molecule has 5 N–H and O–H groups in total. The van der Waals surface area contributed by atoms with Gasteiger partial charge in [-0.25, -0.2) is 14.3 Å². The van der Waals surface area contributed by atoms with Crippen LogP contribution in [0, 0.1) is 0 Å². The number of nitrogens with two attached hydrogens (primary N) is 1. The van der Waals surface area contributed by atoms with E-state index in [2.05, 4.69) is 26.5 Å². The molecule has 3 aromatic rings. The summed E-state index contributed by atoms with van der Waals surface area (Å²) in [5.74, 6) is -1.13. The minimum Gasteiger partial charge on any atom is -0.477 e. The van der Waals surface area contributed by atoms with Crippen molar-refractivity contribution in [3.63, 3.8) is 0 Å². The quantitative estimate of drug-likeness (QED) is 0.131. The van der Waals surface area contributed by atoms with Crippen molar-refractivity contribution < 1.29 is 28.9 Å². The fourth-order valence-corrected chi connectivity index (χ4v) is 6.54. The zero-order chi connectivity index (χ0) is 29.4. The van der Waals surface area contributed by atoms with Gasteiger partial charge in [0.15, 0.2) is 5.71 Å². The fraction of sp³-hybridized carbons (Fsp3) is 0.250. The van der Waals surface area contributed by atoms with E-state index in [1.165, 1.54) is 23.8 Å². The lowest BCUT2D eigenvalue weighted by Gasteiger charge is -2.49. The monoisotopic (exact) mass is 587 g/mol. The number of thioether (sulfide) groups is 1. The maximum absolute atomic E-state index is 13.3. The molecule has 0 aromatic carbocycles. The molecule has 0 spiro atoms. The summed E-state index contributed by atoms with van der Waals surface area (Å²) in [7, 11) is 1.28. The van der Waals surface area contributed by atoms with Gasteiger partial charge in [-0.1, -0.05) is 29.5 Å². The van der Waals surface area contributed by atoms with E-state index in [0.29, 0.717) is 17.0 Å². The molecular formula is C28H27N8O5S+. The number of carbonyl (C=O) groups is 3. The van der Waals surface area contributed by atoms with Gasteiger partial charge in [0.05, 0.1) is 6.20 Å². The molecule has 1 fully saturated rings. The third-order valence-electron chi connectivity index (χ3n) is 7.14. The van der Waals surface area contributed by atoms with Crippen molar-refractivity contribution in [1.82, 2.24) is 25.2 Å². The van der Waals surface area contributed by atoms with Crippen LogP contribution in [-0.4, -0.2) is 72.7 Å². The Balaban J connectivity index is 1.24. The number of amides is 2. The van der Waals surface area contributed by atoms with E-state index >= 15 is 0 Å². The van der Waals surface area contributed by atoms with Gasteiger partial charge in [-0.2, -0.15) is 0 Å². The van der Waals surface area contributed by atoms with Gasteiger partial charge in [0.1, 0.15) is 47.8 Å². The number of aliphatic carboxylic acids is 1. The van der Waals surface area contributed by atoms with Crippen molar-refractivity contribution in [2.45, 2.75) is 30.8 Å². The second-order valence-electron chi connectivity index (χ2n) is 9.81. The van der Waals surface area contributed by atoms with Crippen LogP contribution in [0.15, 0.2) is 71.2 Å². The molecule has 1 saturated heterocycles.